The Bertz CT molecular complexity index is 890. The lowest BCUT2D eigenvalue weighted by molar-refractivity contribution is -0.139. The molecule has 2 aromatic carbocycles. The molecule has 3 amide bonds. The Labute approximate surface area is 185 Å². The van der Waals surface area contributed by atoms with Crippen LogP contribution in [0.1, 0.15) is 50.7 Å². The number of nitrogens with zero attached hydrogens (tertiary/aromatic N) is 1. The van der Waals surface area contributed by atoms with Gasteiger partial charge < -0.3 is 20.3 Å². The molecule has 31 heavy (non-hydrogen) atoms. The number of rotatable bonds is 6. The molecule has 1 fully saturated rings. The Morgan fingerprint density at radius 3 is 2.32 bits per heavy atom. The molecular weight excluding hydrogens is 390 g/mol. The number of para-hydroxylation sites is 1. The maximum absolute atomic E-state index is 12.8. The normalized spacial score (nSPS) is 15.5. The van der Waals surface area contributed by atoms with Crippen molar-refractivity contribution < 1.29 is 14.3 Å². The molecule has 6 heteroatoms. The number of carbonyl (C=O) groups is 2. The molecule has 0 aromatic heterocycles. The summed E-state index contributed by atoms with van der Waals surface area (Å²) in [4.78, 5) is 26.8. The number of likely N-dealkylation sites (tertiary alicyclic amines) is 1. The topological polar surface area (TPSA) is 70.7 Å². The molecule has 0 saturated carbocycles. The Balaban J connectivity index is 1.46. The van der Waals surface area contributed by atoms with Gasteiger partial charge in [0.1, 0.15) is 5.75 Å². The number of carbonyl (C=O) groups excluding carboxylic acids is 2. The van der Waals surface area contributed by atoms with Gasteiger partial charge in [0, 0.05) is 24.8 Å². The molecule has 1 unspecified atom stereocenters. The van der Waals surface area contributed by atoms with Gasteiger partial charge in [-0.2, -0.15) is 0 Å². The zero-order valence-electron chi connectivity index (χ0n) is 18.9. The summed E-state index contributed by atoms with van der Waals surface area (Å²) in [6, 6.07) is 15.2. The molecule has 1 aliphatic rings. The van der Waals surface area contributed by atoms with E-state index in [4.69, 9.17) is 4.74 Å². The van der Waals surface area contributed by atoms with E-state index in [0.717, 1.165) is 24.3 Å². The molecule has 1 atom stereocenters. The highest BCUT2D eigenvalue weighted by Crippen LogP contribution is 2.24. The molecule has 1 heterocycles. The Hall–Kier alpha value is -3.02. The number of piperidine rings is 1. The molecule has 6 nitrogen and oxygen atoms in total. The lowest BCUT2D eigenvalue weighted by Gasteiger charge is -2.33. The number of anilines is 1. The zero-order valence-corrected chi connectivity index (χ0v) is 18.9. The molecule has 0 bridgehead atoms. The molecule has 1 aliphatic heterocycles. The van der Waals surface area contributed by atoms with Crippen LogP contribution < -0.4 is 15.4 Å². The molecule has 3 rings (SSSR count). The van der Waals surface area contributed by atoms with Crippen LogP contribution in [-0.2, 0) is 4.79 Å². The fourth-order valence-corrected chi connectivity index (χ4v) is 4.00. The van der Waals surface area contributed by atoms with Crippen LogP contribution in [0.3, 0.4) is 0 Å². The summed E-state index contributed by atoms with van der Waals surface area (Å²) in [7, 11) is 0. The third-order valence-electron chi connectivity index (χ3n) is 5.70. The highest BCUT2D eigenvalue weighted by molar-refractivity contribution is 5.89. The van der Waals surface area contributed by atoms with Crippen LogP contribution in [0.4, 0.5) is 10.5 Å². The van der Waals surface area contributed by atoms with Gasteiger partial charge in [0.05, 0.1) is 0 Å². The second-order valence-electron chi connectivity index (χ2n) is 8.50. The van der Waals surface area contributed by atoms with E-state index in [2.05, 4.69) is 37.5 Å². The van der Waals surface area contributed by atoms with E-state index in [0.29, 0.717) is 19.0 Å². The number of hydrogen-bond acceptors (Lipinski definition) is 3. The summed E-state index contributed by atoms with van der Waals surface area (Å²) in [6.07, 6.45) is 0.904. The van der Waals surface area contributed by atoms with Crippen LogP contribution in [0.2, 0.25) is 0 Å². The minimum atomic E-state index is -0.546. The number of aryl methyl sites for hydroxylation is 1. The number of amides is 3. The van der Waals surface area contributed by atoms with Crippen molar-refractivity contribution in [1.29, 1.82) is 0 Å². The van der Waals surface area contributed by atoms with E-state index in [-0.39, 0.29) is 18.0 Å². The van der Waals surface area contributed by atoms with Crippen LogP contribution in [-0.4, -0.2) is 42.1 Å². The minimum absolute atomic E-state index is 0.0159. The molecule has 2 aromatic rings. The fourth-order valence-electron chi connectivity index (χ4n) is 4.00. The first-order chi connectivity index (χ1) is 14.8. The molecule has 0 spiro atoms. The molecule has 166 valence electrons. The van der Waals surface area contributed by atoms with Gasteiger partial charge in [-0.15, -0.1) is 0 Å². The maximum atomic E-state index is 12.8. The van der Waals surface area contributed by atoms with Crippen molar-refractivity contribution in [3.05, 3.63) is 59.7 Å². The van der Waals surface area contributed by atoms with Crippen LogP contribution >= 0.6 is 0 Å². The lowest BCUT2D eigenvalue weighted by atomic mass is 9.98. The van der Waals surface area contributed by atoms with Gasteiger partial charge in [-0.3, -0.25) is 4.79 Å². The third kappa shape index (κ3) is 6.23. The Morgan fingerprint density at radius 1 is 1.03 bits per heavy atom. The molecular formula is C25H33N3O3. The second kappa shape index (κ2) is 10.3. The van der Waals surface area contributed by atoms with Crippen molar-refractivity contribution in [1.82, 2.24) is 10.2 Å². The first-order valence-corrected chi connectivity index (χ1v) is 11.0. The highest BCUT2D eigenvalue weighted by atomic mass is 16.5. The summed E-state index contributed by atoms with van der Waals surface area (Å²) in [5.74, 6) is 1.16. The van der Waals surface area contributed by atoms with E-state index < -0.39 is 6.10 Å². The molecule has 0 radical (unpaired) electrons. The van der Waals surface area contributed by atoms with Crippen molar-refractivity contribution in [2.45, 2.75) is 58.6 Å². The zero-order chi connectivity index (χ0) is 22.4. The van der Waals surface area contributed by atoms with E-state index in [9.17, 15) is 9.59 Å². The second-order valence-corrected chi connectivity index (χ2v) is 8.50. The summed E-state index contributed by atoms with van der Waals surface area (Å²) in [5, 5.41) is 5.83. The first kappa shape index (κ1) is 22.7. The predicted octanol–water partition coefficient (Wildman–Crippen LogP) is 4.70. The standard InChI is InChI=1S/C25H33N3O3/c1-17(2)23-11-10-22(16-18(23)3)31-19(4)24(29)28-14-12-21(13-15-28)27-25(30)26-20-8-6-5-7-9-20/h5-11,16-17,19,21H,12-15H2,1-4H3,(H2,26,27,30). The van der Waals surface area contributed by atoms with Crippen LogP contribution in [0.5, 0.6) is 5.75 Å². The largest absolute Gasteiger partial charge is 0.481 e. The van der Waals surface area contributed by atoms with Crippen molar-refractivity contribution in [2.75, 3.05) is 18.4 Å². The maximum Gasteiger partial charge on any atom is 0.319 e. The highest BCUT2D eigenvalue weighted by Gasteiger charge is 2.27. The number of nitrogens with one attached hydrogen (secondary N) is 2. The van der Waals surface area contributed by atoms with Gasteiger partial charge in [-0.05, 0) is 68.0 Å². The van der Waals surface area contributed by atoms with Crippen molar-refractivity contribution in [3.63, 3.8) is 0 Å². The molecule has 1 saturated heterocycles. The number of benzene rings is 2. The summed E-state index contributed by atoms with van der Waals surface area (Å²) >= 11 is 0. The van der Waals surface area contributed by atoms with Crippen LogP contribution in [0, 0.1) is 6.92 Å². The summed E-state index contributed by atoms with van der Waals surface area (Å²) in [5.41, 5.74) is 3.22. The molecule has 0 aliphatic carbocycles. The monoisotopic (exact) mass is 423 g/mol. The van der Waals surface area contributed by atoms with Crippen LogP contribution in [0.25, 0.3) is 0 Å². The van der Waals surface area contributed by atoms with Gasteiger partial charge in [0.15, 0.2) is 6.10 Å². The summed E-state index contributed by atoms with van der Waals surface area (Å²) in [6.45, 7) is 9.41. The average molecular weight is 424 g/mol. The van der Waals surface area contributed by atoms with Crippen molar-refractivity contribution >= 4 is 17.6 Å². The van der Waals surface area contributed by atoms with E-state index in [1.54, 1.807) is 6.92 Å². The quantitative estimate of drug-likeness (QED) is 0.708. The lowest BCUT2D eigenvalue weighted by Crippen LogP contribution is -2.50. The Kier molecular flexibility index (Phi) is 7.55. The minimum Gasteiger partial charge on any atom is -0.481 e. The van der Waals surface area contributed by atoms with Crippen molar-refractivity contribution in [3.8, 4) is 5.75 Å². The van der Waals surface area contributed by atoms with Gasteiger partial charge in [-0.1, -0.05) is 38.1 Å². The SMILES string of the molecule is Cc1cc(OC(C)C(=O)N2CCC(NC(=O)Nc3ccccc3)CC2)ccc1C(C)C. The van der Waals surface area contributed by atoms with Crippen LogP contribution in [0.15, 0.2) is 48.5 Å². The molecule has 2 N–H and O–H groups in total. The van der Waals surface area contributed by atoms with Gasteiger partial charge in [0.2, 0.25) is 0 Å². The third-order valence-corrected chi connectivity index (χ3v) is 5.70. The smallest absolute Gasteiger partial charge is 0.319 e. The number of ether oxygens (including phenoxy) is 1. The van der Waals surface area contributed by atoms with Crippen molar-refractivity contribution in [2.24, 2.45) is 0 Å². The fraction of sp³-hybridized carbons (Fsp3) is 0.440. The van der Waals surface area contributed by atoms with Gasteiger partial charge in [-0.25, -0.2) is 4.79 Å². The average Bonchev–Trinajstić information content (AvgIpc) is 2.74. The van der Waals surface area contributed by atoms with Gasteiger partial charge >= 0.3 is 6.03 Å². The van der Waals surface area contributed by atoms with Gasteiger partial charge in [0.25, 0.3) is 5.91 Å². The Morgan fingerprint density at radius 2 is 1.71 bits per heavy atom. The first-order valence-electron chi connectivity index (χ1n) is 11.0. The van der Waals surface area contributed by atoms with E-state index in [1.165, 1.54) is 11.1 Å². The van der Waals surface area contributed by atoms with E-state index >= 15 is 0 Å². The summed E-state index contributed by atoms with van der Waals surface area (Å²) < 4.78 is 5.93. The predicted molar refractivity (Wildman–Crippen MR) is 124 cm³/mol. The van der Waals surface area contributed by atoms with E-state index in [1.807, 2.05) is 47.4 Å². The number of hydrogen-bond donors (Lipinski definition) is 2. The number of urea groups is 1.